The molecule has 3 aromatic rings. The second-order valence-corrected chi connectivity index (χ2v) is 7.69. The summed E-state index contributed by atoms with van der Waals surface area (Å²) in [5.74, 6) is 1.85. The Kier molecular flexibility index (Phi) is 7.54. The van der Waals surface area contributed by atoms with Crippen molar-refractivity contribution in [1.29, 1.82) is 0 Å². The quantitative estimate of drug-likeness (QED) is 0.329. The molecular weight excluding hydrogens is 386 g/mol. The zero-order chi connectivity index (χ0) is 20.6. The van der Waals surface area contributed by atoms with Gasteiger partial charge in [-0.15, -0.1) is 21.5 Å². The van der Waals surface area contributed by atoms with Crippen molar-refractivity contribution in [3.63, 3.8) is 0 Å². The van der Waals surface area contributed by atoms with Crippen LogP contribution in [0.1, 0.15) is 42.9 Å². The van der Waals surface area contributed by atoms with Crippen LogP contribution in [-0.4, -0.2) is 57.7 Å². The van der Waals surface area contributed by atoms with Gasteiger partial charge >= 0.3 is 0 Å². The Hall–Kier alpha value is -2.52. The van der Waals surface area contributed by atoms with E-state index < -0.39 is 0 Å². The number of ether oxygens (including phenoxy) is 1. The summed E-state index contributed by atoms with van der Waals surface area (Å²) in [6.07, 6.45) is 3.76. The summed E-state index contributed by atoms with van der Waals surface area (Å²) >= 11 is 1.63. The van der Waals surface area contributed by atoms with Crippen LogP contribution in [0.3, 0.4) is 0 Å². The average Bonchev–Trinajstić information content (AvgIpc) is 3.37. The number of nitrogens with one attached hydrogen (secondary N) is 1. The summed E-state index contributed by atoms with van der Waals surface area (Å²) in [6, 6.07) is 5.93. The molecule has 0 saturated carbocycles. The van der Waals surface area contributed by atoms with Crippen LogP contribution in [-0.2, 0) is 17.7 Å². The standard InChI is InChI=1S/C20H29N7OS/c1-5-21-20(26(3)13-16-14-29-19(23-16)15(2)28-4)22-11-8-10-18-25-24-17-9-6-7-12-27(17)18/h6-7,9,12,14-15H,5,8,10-11,13H2,1-4H3,(H,21,22). The minimum atomic E-state index is 0.0224. The van der Waals surface area contributed by atoms with Crippen molar-refractivity contribution in [2.45, 2.75) is 39.3 Å². The number of rotatable bonds is 9. The van der Waals surface area contributed by atoms with E-state index in [9.17, 15) is 0 Å². The Morgan fingerprint density at radius 2 is 2.24 bits per heavy atom. The van der Waals surface area contributed by atoms with E-state index in [0.717, 1.165) is 54.1 Å². The van der Waals surface area contributed by atoms with E-state index in [0.29, 0.717) is 6.54 Å². The summed E-state index contributed by atoms with van der Waals surface area (Å²) < 4.78 is 7.38. The monoisotopic (exact) mass is 415 g/mol. The van der Waals surface area contributed by atoms with Crippen LogP contribution < -0.4 is 5.32 Å². The molecule has 0 fully saturated rings. The van der Waals surface area contributed by atoms with Crippen LogP contribution in [0.5, 0.6) is 0 Å². The van der Waals surface area contributed by atoms with Crippen molar-refractivity contribution in [2.75, 3.05) is 27.2 Å². The van der Waals surface area contributed by atoms with Gasteiger partial charge in [0.1, 0.15) is 16.9 Å². The smallest absolute Gasteiger partial charge is 0.194 e. The molecule has 1 N–H and O–H groups in total. The molecule has 0 saturated heterocycles. The predicted molar refractivity (Wildman–Crippen MR) is 116 cm³/mol. The highest BCUT2D eigenvalue weighted by molar-refractivity contribution is 7.09. The molecule has 0 bridgehead atoms. The van der Waals surface area contributed by atoms with Gasteiger partial charge in [0.05, 0.1) is 12.2 Å². The molecule has 0 amide bonds. The zero-order valence-electron chi connectivity index (χ0n) is 17.5. The van der Waals surface area contributed by atoms with Gasteiger partial charge in [0, 0.05) is 45.2 Å². The first-order valence-corrected chi connectivity index (χ1v) is 10.8. The minimum absolute atomic E-state index is 0.0224. The maximum Gasteiger partial charge on any atom is 0.194 e. The number of aliphatic imine (C=N–C) groups is 1. The van der Waals surface area contributed by atoms with Crippen LogP contribution in [0.4, 0.5) is 0 Å². The molecular formula is C20H29N7OS. The molecule has 0 aromatic carbocycles. The van der Waals surface area contributed by atoms with Crippen LogP contribution >= 0.6 is 11.3 Å². The van der Waals surface area contributed by atoms with Gasteiger partial charge in [-0.2, -0.15) is 0 Å². The second-order valence-electron chi connectivity index (χ2n) is 6.80. The highest BCUT2D eigenvalue weighted by Gasteiger charge is 2.12. The molecule has 3 rings (SSSR count). The van der Waals surface area contributed by atoms with E-state index >= 15 is 0 Å². The van der Waals surface area contributed by atoms with E-state index in [1.165, 1.54) is 0 Å². The highest BCUT2D eigenvalue weighted by Crippen LogP contribution is 2.20. The van der Waals surface area contributed by atoms with E-state index in [1.807, 2.05) is 42.8 Å². The number of guanidine groups is 1. The molecule has 156 valence electrons. The van der Waals surface area contributed by atoms with Gasteiger partial charge in [-0.05, 0) is 32.4 Å². The lowest BCUT2D eigenvalue weighted by atomic mass is 10.3. The maximum atomic E-state index is 5.35. The number of hydrogen-bond acceptors (Lipinski definition) is 6. The molecule has 0 aliphatic rings. The van der Waals surface area contributed by atoms with Crippen molar-refractivity contribution in [1.82, 2.24) is 29.8 Å². The fourth-order valence-corrected chi connectivity index (χ4v) is 3.80. The molecule has 9 heteroatoms. The molecule has 3 heterocycles. The fraction of sp³-hybridized carbons (Fsp3) is 0.500. The summed E-state index contributed by atoms with van der Waals surface area (Å²) in [7, 11) is 3.74. The molecule has 0 aliphatic carbocycles. The van der Waals surface area contributed by atoms with Gasteiger partial charge in [-0.3, -0.25) is 9.39 Å². The Morgan fingerprint density at radius 1 is 1.38 bits per heavy atom. The topological polar surface area (TPSA) is 79.9 Å². The van der Waals surface area contributed by atoms with Crippen molar-refractivity contribution < 1.29 is 4.74 Å². The first-order chi connectivity index (χ1) is 14.1. The van der Waals surface area contributed by atoms with E-state index in [1.54, 1.807) is 18.4 Å². The predicted octanol–water partition coefficient (Wildman–Crippen LogP) is 2.92. The van der Waals surface area contributed by atoms with Crippen molar-refractivity contribution in [3.8, 4) is 0 Å². The Labute approximate surface area is 175 Å². The second kappa shape index (κ2) is 10.3. The van der Waals surface area contributed by atoms with E-state index in [2.05, 4.69) is 37.7 Å². The molecule has 1 atom stereocenters. The molecule has 29 heavy (non-hydrogen) atoms. The van der Waals surface area contributed by atoms with E-state index in [-0.39, 0.29) is 6.10 Å². The first-order valence-electron chi connectivity index (χ1n) is 9.87. The third-order valence-electron chi connectivity index (χ3n) is 4.57. The molecule has 8 nitrogen and oxygen atoms in total. The van der Waals surface area contributed by atoms with Gasteiger partial charge in [0.15, 0.2) is 11.6 Å². The van der Waals surface area contributed by atoms with Gasteiger partial charge in [-0.25, -0.2) is 4.98 Å². The number of pyridine rings is 1. The lowest BCUT2D eigenvalue weighted by molar-refractivity contribution is 0.119. The van der Waals surface area contributed by atoms with Crippen molar-refractivity contribution in [2.24, 2.45) is 4.99 Å². The van der Waals surface area contributed by atoms with Crippen molar-refractivity contribution in [3.05, 3.63) is 46.3 Å². The van der Waals surface area contributed by atoms with Crippen LogP contribution in [0.15, 0.2) is 34.8 Å². The Balaban J connectivity index is 1.56. The normalized spacial score (nSPS) is 13.0. The van der Waals surface area contributed by atoms with Crippen molar-refractivity contribution >= 4 is 22.9 Å². The largest absolute Gasteiger partial charge is 0.375 e. The molecule has 0 spiro atoms. The first kappa shape index (κ1) is 21.2. The van der Waals surface area contributed by atoms with Gasteiger partial charge < -0.3 is 15.0 Å². The molecule has 0 radical (unpaired) electrons. The molecule has 0 aliphatic heterocycles. The Morgan fingerprint density at radius 3 is 3.03 bits per heavy atom. The third-order valence-corrected chi connectivity index (χ3v) is 5.63. The maximum absolute atomic E-state index is 5.35. The van der Waals surface area contributed by atoms with Crippen LogP contribution in [0.25, 0.3) is 5.65 Å². The summed E-state index contributed by atoms with van der Waals surface area (Å²) in [4.78, 5) is 11.5. The number of nitrogens with zero attached hydrogens (tertiary/aromatic N) is 6. The van der Waals surface area contributed by atoms with Gasteiger partial charge in [-0.1, -0.05) is 6.07 Å². The lowest BCUT2D eigenvalue weighted by Crippen LogP contribution is -2.38. The van der Waals surface area contributed by atoms with Crippen LogP contribution in [0.2, 0.25) is 0 Å². The van der Waals surface area contributed by atoms with E-state index in [4.69, 9.17) is 9.73 Å². The fourth-order valence-electron chi connectivity index (χ4n) is 2.95. The van der Waals surface area contributed by atoms with Gasteiger partial charge in [0.2, 0.25) is 0 Å². The third kappa shape index (κ3) is 5.51. The zero-order valence-corrected chi connectivity index (χ0v) is 18.3. The minimum Gasteiger partial charge on any atom is -0.375 e. The number of aryl methyl sites for hydroxylation is 1. The Bertz CT molecular complexity index is 936. The molecule has 1 unspecified atom stereocenters. The number of aromatic nitrogens is 4. The molecule has 3 aromatic heterocycles. The number of hydrogen-bond donors (Lipinski definition) is 1. The highest BCUT2D eigenvalue weighted by atomic mass is 32.1. The average molecular weight is 416 g/mol. The van der Waals surface area contributed by atoms with Gasteiger partial charge in [0.25, 0.3) is 0 Å². The lowest BCUT2D eigenvalue weighted by Gasteiger charge is -2.21. The number of thiazole rings is 1. The summed E-state index contributed by atoms with van der Waals surface area (Å²) in [5.41, 5.74) is 1.90. The SMILES string of the molecule is CCNC(=NCCCc1nnc2ccccn12)N(C)Cc1csc(C(C)OC)n1. The summed E-state index contributed by atoms with van der Waals surface area (Å²) in [5, 5.41) is 14.9. The van der Waals surface area contributed by atoms with Crippen LogP contribution in [0, 0.1) is 0 Å². The number of fused-ring (bicyclic) bond motifs is 1. The number of methoxy groups -OCH3 is 1. The summed E-state index contributed by atoms with van der Waals surface area (Å²) in [6.45, 7) is 6.33.